The Morgan fingerprint density at radius 3 is 2.75 bits per heavy atom. The third-order valence-corrected chi connectivity index (χ3v) is 5.60. The van der Waals surface area contributed by atoms with Crippen molar-refractivity contribution in [3.63, 3.8) is 0 Å². The molecule has 0 saturated heterocycles. The second-order valence-corrected chi connectivity index (χ2v) is 7.71. The fourth-order valence-electron chi connectivity index (χ4n) is 2.40. The number of hydrogen-bond donors (Lipinski definition) is 1. The van der Waals surface area contributed by atoms with E-state index in [1.807, 2.05) is 24.4 Å². The first-order valence-electron chi connectivity index (χ1n) is 8.49. The standard InChI is InChI=1S/C19H17F3N2O2S2/c1-2-7-26-15-6-5-12(19(20,21)22)9-14(15)24-17(25)10-13-11-28-18(23-13)16-4-3-8-27-16/h3-6,8-9,11H,2,7,10H2,1H3,(H,24,25). The second kappa shape index (κ2) is 8.74. The molecule has 2 heterocycles. The van der Waals surface area contributed by atoms with E-state index in [1.54, 1.807) is 16.7 Å². The van der Waals surface area contributed by atoms with E-state index in [2.05, 4.69) is 10.3 Å². The van der Waals surface area contributed by atoms with Crippen molar-refractivity contribution >= 4 is 34.3 Å². The Kier molecular flexibility index (Phi) is 6.35. The van der Waals surface area contributed by atoms with E-state index in [0.717, 1.165) is 22.0 Å². The third kappa shape index (κ3) is 5.11. The molecule has 9 heteroatoms. The minimum absolute atomic E-state index is 0.00184. The highest BCUT2D eigenvalue weighted by molar-refractivity contribution is 7.20. The summed E-state index contributed by atoms with van der Waals surface area (Å²) in [6.07, 6.45) is -3.85. The van der Waals surface area contributed by atoms with Gasteiger partial charge in [0.05, 0.1) is 34.8 Å². The Morgan fingerprint density at radius 2 is 2.07 bits per heavy atom. The van der Waals surface area contributed by atoms with Crippen LogP contribution in [0.1, 0.15) is 24.6 Å². The SMILES string of the molecule is CCCOc1ccc(C(F)(F)F)cc1NC(=O)Cc1csc(-c2cccs2)n1. The summed E-state index contributed by atoms with van der Waals surface area (Å²) in [5, 5.41) is 7.05. The number of carbonyl (C=O) groups excluding carboxylic acids is 1. The zero-order chi connectivity index (χ0) is 20.1. The third-order valence-electron chi connectivity index (χ3n) is 3.67. The molecule has 4 nitrogen and oxygen atoms in total. The smallest absolute Gasteiger partial charge is 0.416 e. The molecule has 0 unspecified atom stereocenters. The lowest BCUT2D eigenvalue weighted by Crippen LogP contribution is -2.16. The topological polar surface area (TPSA) is 51.2 Å². The summed E-state index contributed by atoms with van der Waals surface area (Å²) in [5.41, 5.74) is -0.281. The first-order valence-corrected chi connectivity index (χ1v) is 10.2. The molecule has 2 aromatic heterocycles. The summed E-state index contributed by atoms with van der Waals surface area (Å²) < 4.78 is 44.5. The monoisotopic (exact) mass is 426 g/mol. The van der Waals surface area contributed by atoms with E-state index in [4.69, 9.17) is 4.74 Å². The molecule has 0 aliphatic heterocycles. The maximum absolute atomic E-state index is 13.0. The van der Waals surface area contributed by atoms with Gasteiger partial charge in [-0.3, -0.25) is 4.79 Å². The summed E-state index contributed by atoms with van der Waals surface area (Å²) in [6.45, 7) is 2.22. The van der Waals surface area contributed by atoms with Crippen molar-refractivity contribution in [1.29, 1.82) is 0 Å². The Bertz CT molecular complexity index is 937. The van der Waals surface area contributed by atoms with Crippen LogP contribution in [0.25, 0.3) is 9.88 Å². The normalized spacial score (nSPS) is 11.4. The van der Waals surface area contributed by atoms with Gasteiger partial charge in [-0.2, -0.15) is 13.2 Å². The lowest BCUT2D eigenvalue weighted by Gasteiger charge is -2.15. The van der Waals surface area contributed by atoms with Crippen LogP contribution in [0.15, 0.2) is 41.1 Å². The summed E-state index contributed by atoms with van der Waals surface area (Å²) in [7, 11) is 0. The van der Waals surface area contributed by atoms with Crippen LogP contribution in [-0.2, 0) is 17.4 Å². The quantitative estimate of drug-likeness (QED) is 0.515. The molecule has 0 radical (unpaired) electrons. The predicted molar refractivity (Wildman–Crippen MR) is 105 cm³/mol. The molecule has 3 aromatic rings. The molecule has 148 valence electrons. The number of thiazole rings is 1. The molecule has 0 atom stereocenters. The molecule has 0 fully saturated rings. The molecule has 1 amide bonds. The number of hydrogen-bond acceptors (Lipinski definition) is 5. The number of aromatic nitrogens is 1. The maximum atomic E-state index is 13.0. The average Bonchev–Trinajstić information content (AvgIpc) is 3.31. The van der Waals surface area contributed by atoms with Crippen LogP contribution < -0.4 is 10.1 Å². The van der Waals surface area contributed by atoms with Crippen molar-refractivity contribution in [3.05, 3.63) is 52.3 Å². The van der Waals surface area contributed by atoms with Crippen molar-refractivity contribution in [3.8, 4) is 15.6 Å². The van der Waals surface area contributed by atoms with Gasteiger partial charge in [-0.25, -0.2) is 4.98 Å². The van der Waals surface area contributed by atoms with Crippen molar-refractivity contribution in [2.45, 2.75) is 25.9 Å². The Balaban J connectivity index is 1.74. The lowest BCUT2D eigenvalue weighted by atomic mass is 10.1. The van der Waals surface area contributed by atoms with Gasteiger partial charge in [0.1, 0.15) is 10.8 Å². The number of ether oxygens (including phenoxy) is 1. The number of nitrogens with zero attached hydrogens (tertiary/aromatic N) is 1. The van der Waals surface area contributed by atoms with Crippen LogP contribution in [0.5, 0.6) is 5.75 Å². The zero-order valence-corrected chi connectivity index (χ0v) is 16.5. The number of halogens is 3. The number of nitrogens with one attached hydrogen (secondary N) is 1. The summed E-state index contributed by atoms with van der Waals surface area (Å²) in [5.74, 6) is -0.246. The van der Waals surface area contributed by atoms with Crippen molar-refractivity contribution in [1.82, 2.24) is 4.98 Å². The van der Waals surface area contributed by atoms with Gasteiger partial charge in [-0.1, -0.05) is 13.0 Å². The molecule has 3 rings (SSSR count). The highest BCUT2D eigenvalue weighted by atomic mass is 32.1. The number of benzene rings is 1. The minimum Gasteiger partial charge on any atom is -0.491 e. The molecule has 0 aliphatic carbocycles. The summed E-state index contributed by atoms with van der Waals surface area (Å²) in [4.78, 5) is 17.8. The van der Waals surface area contributed by atoms with E-state index in [0.29, 0.717) is 18.7 Å². The Hall–Kier alpha value is -2.39. The van der Waals surface area contributed by atoms with Crippen LogP contribution in [0.3, 0.4) is 0 Å². The van der Waals surface area contributed by atoms with Gasteiger partial charge in [0.25, 0.3) is 0 Å². The molecule has 0 saturated carbocycles. The Morgan fingerprint density at radius 1 is 1.25 bits per heavy atom. The first-order chi connectivity index (χ1) is 13.4. The molecule has 0 spiro atoms. The van der Waals surface area contributed by atoms with E-state index in [1.165, 1.54) is 17.4 Å². The molecule has 0 aliphatic rings. The average molecular weight is 426 g/mol. The van der Waals surface area contributed by atoms with Gasteiger partial charge in [-0.05, 0) is 36.1 Å². The summed E-state index contributed by atoms with van der Waals surface area (Å²) >= 11 is 2.97. The largest absolute Gasteiger partial charge is 0.491 e. The van der Waals surface area contributed by atoms with Gasteiger partial charge < -0.3 is 10.1 Å². The van der Waals surface area contributed by atoms with Crippen molar-refractivity contribution in [2.24, 2.45) is 0 Å². The van der Waals surface area contributed by atoms with Gasteiger partial charge in [-0.15, -0.1) is 22.7 Å². The predicted octanol–water partition coefficient (Wildman–Crippen LogP) is 5.86. The fraction of sp³-hybridized carbons (Fsp3) is 0.263. The van der Waals surface area contributed by atoms with Gasteiger partial charge in [0.15, 0.2) is 0 Å². The maximum Gasteiger partial charge on any atom is 0.416 e. The van der Waals surface area contributed by atoms with Gasteiger partial charge >= 0.3 is 6.18 Å². The molecule has 28 heavy (non-hydrogen) atoms. The van der Waals surface area contributed by atoms with Crippen LogP contribution in [0.4, 0.5) is 18.9 Å². The van der Waals surface area contributed by atoms with Crippen LogP contribution in [0, 0.1) is 0 Å². The Labute approximate surface area is 168 Å². The summed E-state index contributed by atoms with van der Waals surface area (Å²) in [6, 6.07) is 6.91. The lowest BCUT2D eigenvalue weighted by molar-refractivity contribution is -0.137. The van der Waals surface area contributed by atoms with Crippen LogP contribution >= 0.6 is 22.7 Å². The molecule has 1 aromatic carbocycles. The van der Waals surface area contributed by atoms with E-state index >= 15 is 0 Å². The van der Waals surface area contributed by atoms with E-state index in [-0.39, 0.29) is 17.9 Å². The van der Waals surface area contributed by atoms with E-state index < -0.39 is 17.6 Å². The zero-order valence-electron chi connectivity index (χ0n) is 14.9. The number of rotatable bonds is 7. The van der Waals surface area contributed by atoms with Gasteiger partial charge in [0, 0.05) is 5.38 Å². The van der Waals surface area contributed by atoms with Gasteiger partial charge in [0.2, 0.25) is 5.91 Å². The number of alkyl halides is 3. The molecule has 0 bridgehead atoms. The molecule has 1 N–H and O–H groups in total. The van der Waals surface area contributed by atoms with E-state index in [9.17, 15) is 18.0 Å². The van der Waals surface area contributed by atoms with Crippen LogP contribution in [0.2, 0.25) is 0 Å². The van der Waals surface area contributed by atoms with Crippen molar-refractivity contribution < 1.29 is 22.7 Å². The fourth-order valence-corrected chi connectivity index (χ4v) is 4.04. The minimum atomic E-state index is -4.51. The number of amides is 1. The number of thiophene rings is 1. The second-order valence-electron chi connectivity index (χ2n) is 5.90. The number of carbonyl (C=O) groups is 1. The highest BCUT2D eigenvalue weighted by Gasteiger charge is 2.31. The van der Waals surface area contributed by atoms with Crippen LogP contribution in [-0.4, -0.2) is 17.5 Å². The number of anilines is 1. The molecular formula is C19H17F3N2O2S2. The van der Waals surface area contributed by atoms with Crippen molar-refractivity contribution in [2.75, 3.05) is 11.9 Å². The highest BCUT2D eigenvalue weighted by Crippen LogP contribution is 2.35. The molecular weight excluding hydrogens is 409 g/mol. The first kappa shape index (κ1) is 20.3.